The van der Waals surface area contributed by atoms with E-state index in [2.05, 4.69) is 26.0 Å². The van der Waals surface area contributed by atoms with Crippen LogP contribution in [-0.2, 0) is 6.42 Å². The predicted octanol–water partition coefficient (Wildman–Crippen LogP) is 4.91. The minimum absolute atomic E-state index is 0.0921. The third-order valence-electron chi connectivity index (χ3n) is 4.00. The molecule has 25 heavy (non-hydrogen) atoms. The summed E-state index contributed by atoms with van der Waals surface area (Å²) in [5.74, 6) is 0.783. The highest BCUT2D eigenvalue weighted by Gasteiger charge is 2.32. The lowest BCUT2D eigenvalue weighted by Gasteiger charge is -2.22. The molecule has 0 unspecified atom stereocenters. The summed E-state index contributed by atoms with van der Waals surface area (Å²) in [4.78, 5) is 19.7. The highest BCUT2D eigenvalue weighted by atomic mass is 35.5. The third-order valence-corrected chi connectivity index (χ3v) is 5.75. The molecule has 0 saturated carbocycles. The number of hydrogen-bond acceptors (Lipinski definition) is 3. The summed E-state index contributed by atoms with van der Waals surface area (Å²) in [5, 5.41) is 1.26. The molecule has 1 heterocycles. The van der Waals surface area contributed by atoms with Gasteiger partial charge in [0.1, 0.15) is 0 Å². The molecule has 5 heteroatoms. The summed E-state index contributed by atoms with van der Waals surface area (Å²) in [7, 11) is 0. The summed E-state index contributed by atoms with van der Waals surface area (Å²) >= 11 is 7.88. The zero-order chi connectivity index (χ0) is 17.9. The molecular weight excluding hydrogens is 352 g/mol. The average molecular weight is 373 g/mol. The van der Waals surface area contributed by atoms with Crippen LogP contribution in [0.5, 0.6) is 0 Å². The number of amides is 1. The van der Waals surface area contributed by atoms with Crippen LogP contribution in [0.4, 0.5) is 0 Å². The molecule has 1 aliphatic rings. The van der Waals surface area contributed by atoms with Crippen LogP contribution in [0, 0.1) is 0 Å². The van der Waals surface area contributed by atoms with Crippen molar-refractivity contribution in [3.05, 3.63) is 70.7 Å². The number of thioether (sulfide) groups is 1. The van der Waals surface area contributed by atoms with E-state index in [0.29, 0.717) is 17.1 Å². The Bertz CT molecular complexity index is 789. The van der Waals surface area contributed by atoms with Gasteiger partial charge in [0.25, 0.3) is 5.91 Å². The first-order chi connectivity index (χ1) is 12.0. The first kappa shape index (κ1) is 18.0. The van der Waals surface area contributed by atoms with E-state index in [-0.39, 0.29) is 11.4 Å². The quantitative estimate of drug-likeness (QED) is 0.764. The molecule has 3 rings (SSSR count). The third kappa shape index (κ3) is 4.44. The fourth-order valence-corrected chi connectivity index (χ4v) is 4.06. The number of nitrogens with zero attached hydrogens (tertiary/aromatic N) is 2. The predicted molar refractivity (Wildman–Crippen MR) is 107 cm³/mol. The van der Waals surface area contributed by atoms with E-state index in [4.69, 9.17) is 16.6 Å². The van der Waals surface area contributed by atoms with Gasteiger partial charge in [0.05, 0.1) is 16.1 Å². The van der Waals surface area contributed by atoms with Gasteiger partial charge in [0.15, 0.2) is 5.17 Å². The molecule has 1 aliphatic heterocycles. The van der Waals surface area contributed by atoms with Crippen LogP contribution in [0.25, 0.3) is 0 Å². The molecule has 0 spiro atoms. The Kier molecular flexibility index (Phi) is 5.50. The normalized spacial score (nSPS) is 15.7. The van der Waals surface area contributed by atoms with Crippen LogP contribution >= 0.6 is 23.4 Å². The molecule has 0 fully saturated rings. The molecule has 0 aliphatic carbocycles. The lowest BCUT2D eigenvalue weighted by atomic mass is 10.1. The molecule has 0 atom stereocenters. The van der Waals surface area contributed by atoms with E-state index >= 15 is 0 Å². The standard InChI is InChI=1S/C20H21ClN2OS/c1-20(2)14-25-19(22-20)23(13-12-15-8-4-3-5-9-15)18(24)16-10-6-7-11-17(16)21/h3-11H,12-14H2,1-2H3. The number of hydrogen-bond donors (Lipinski definition) is 0. The molecule has 0 radical (unpaired) electrons. The minimum Gasteiger partial charge on any atom is -0.287 e. The van der Waals surface area contributed by atoms with Gasteiger partial charge in [-0.1, -0.05) is 65.8 Å². The Hall–Kier alpha value is -1.78. The van der Waals surface area contributed by atoms with E-state index in [1.807, 2.05) is 30.3 Å². The van der Waals surface area contributed by atoms with Crippen molar-refractivity contribution < 1.29 is 4.79 Å². The van der Waals surface area contributed by atoms with E-state index in [1.54, 1.807) is 28.8 Å². The Morgan fingerprint density at radius 1 is 1.16 bits per heavy atom. The van der Waals surface area contributed by atoms with Crippen molar-refractivity contribution >= 4 is 34.4 Å². The number of amidine groups is 1. The van der Waals surface area contributed by atoms with Gasteiger partial charge in [-0.25, -0.2) is 0 Å². The highest BCUT2D eigenvalue weighted by molar-refractivity contribution is 8.14. The molecule has 0 saturated heterocycles. The molecule has 0 N–H and O–H groups in total. The maximum atomic E-state index is 13.1. The zero-order valence-electron chi connectivity index (χ0n) is 14.4. The zero-order valence-corrected chi connectivity index (χ0v) is 16.0. The molecule has 1 amide bonds. The van der Waals surface area contributed by atoms with Crippen LogP contribution < -0.4 is 0 Å². The number of halogens is 1. The first-order valence-corrected chi connectivity index (χ1v) is 9.66. The van der Waals surface area contributed by atoms with Gasteiger partial charge in [0.2, 0.25) is 0 Å². The van der Waals surface area contributed by atoms with E-state index < -0.39 is 0 Å². The maximum Gasteiger partial charge on any atom is 0.261 e. The van der Waals surface area contributed by atoms with E-state index in [1.165, 1.54) is 5.56 Å². The van der Waals surface area contributed by atoms with Crippen molar-refractivity contribution in [1.82, 2.24) is 4.90 Å². The fraction of sp³-hybridized carbons (Fsp3) is 0.300. The second-order valence-corrected chi connectivity index (χ2v) is 8.02. The van der Waals surface area contributed by atoms with Crippen molar-refractivity contribution in [3.63, 3.8) is 0 Å². The molecule has 0 aromatic heterocycles. The monoisotopic (exact) mass is 372 g/mol. The molecule has 130 valence electrons. The van der Waals surface area contributed by atoms with Crippen molar-refractivity contribution in [3.8, 4) is 0 Å². The number of carbonyl (C=O) groups excluding carboxylic acids is 1. The molecular formula is C20H21ClN2OS. The largest absolute Gasteiger partial charge is 0.287 e. The Labute approximate surface area is 158 Å². The van der Waals surface area contributed by atoms with Gasteiger partial charge in [-0.2, -0.15) is 0 Å². The van der Waals surface area contributed by atoms with Gasteiger partial charge < -0.3 is 0 Å². The molecule has 2 aromatic rings. The van der Waals surface area contributed by atoms with E-state index in [0.717, 1.165) is 17.3 Å². The lowest BCUT2D eigenvalue weighted by Crippen LogP contribution is -2.36. The maximum absolute atomic E-state index is 13.1. The highest BCUT2D eigenvalue weighted by Crippen LogP contribution is 2.30. The minimum atomic E-state index is -0.147. The summed E-state index contributed by atoms with van der Waals surface area (Å²) < 4.78 is 0. The van der Waals surface area contributed by atoms with Crippen LogP contribution in [0.3, 0.4) is 0 Å². The van der Waals surface area contributed by atoms with Gasteiger partial charge in [0, 0.05) is 12.3 Å². The number of aliphatic imine (C=N–C) groups is 1. The topological polar surface area (TPSA) is 32.7 Å². The van der Waals surface area contributed by atoms with Crippen LogP contribution in [0.15, 0.2) is 59.6 Å². The number of benzene rings is 2. The van der Waals surface area contributed by atoms with Crippen LogP contribution in [-0.4, -0.2) is 33.8 Å². The van der Waals surface area contributed by atoms with E-state index in [9.17, 15) is 4.79 Å². The number of carbonyl (C=O) groups is 1. The fourth-order valence-electron chi connectivity index (χ4n) is 2.65. The lowest BCUT2D eigenvalue weighted by molar-refractivity contribution is 0.0851. The molecule has 2 aromatic carbocycles. The second kappa shape index (κ2) is 7.63. The van der Waals surface area contributed by atoms with Crippen LogP contribution in [0.1, 0.15) is 29.8 Å². The summed E-state index contributed by atoms with van der Waals surface area (Å²) in [6.07, 6.45) is 0.775. The second-order valence-electron chi connectivity index (χ2n) is 6.67. The number of rotatable bonds is 4. The summed E-state index contributed by atoms with van der Waals surface area (Å²) in [5.41, 5.74) is 1.57. The summed E-state index contributed by atoms with van der Waals surface area (Å²) in [6, 6.07) is 17.4. The van der Waals surface area contributed by atoms with Crippen molar-refractivity contribution in [2.24, 2.45) is 4.99 Å². The SMILES string of the molecule is CC1(C)CSC(N(CCc2ccccc2)C(=O)c2ccccc2Cl)=N1. The van der Waals surface area contributed by atoms with Crippen molar-refractivity contribution in [1.29, 1.82) is 0 Å². The van der Waals surface area contributed by atoms with Crippen LogP contribution in [0.2, 0.25) is 5.02 Å². The Morgan fingerprint density at radius 2 is 1.84 bits per heavy atom. The van der Waals surface area contributed by atoms with Gasteiger partial charge in [-0.3, -0.25) is 14.7 Å². The van der Waals surface area contributed by atoms with Crippen molar-refractivity contribution in [2.45, 2.75) is 25.8 Å². The Morgan fingerprint density at radius 3 is 2.48 bits per heavy atom. The van der Waals surface area contributed by atoms with Gasteiger partial charge >= 0.3 is 0 Å². The smallest absolute Gasteiger partial charge is 0.261 e. The molecule has 0 bridgehead atoms. The Balaban J connectivity index is 1.87. The van der Waals surface area contributed by atoms with Crippen molar-refractivity contribution in [2.75, 3.05) is 12.3 Å². The first-order valence-electron chi connectivity index (χ1n) is 8.29. The van der Waals surface area contributed by atoms with Gasteiger partial charge in [-0.05, 0) is 38.0 Å². The van der Waals surface area contributed by atoms with Gasteiger partial charge in [-0.15, -0.1) is 0 Å². The summed E-state index contributed by atoms with van der Waals surface area (Å²) in [6.45, 7) is 4.75. The average Bonchev–Trinajstić information content (AvgIpc) is 2.96. The molecule has 3 nitrogen and oxygen atoms in total.